The number of ether oxygens (including phenoxy) is 1. The van der Waals surface area contributed by atoms with Gasteiger partial charge in [-0.15, -0.1) is 0 Å². The largest absolute Gasteiger partial charge is 0.478 e. The van der Waals surface area contributed by atoms with Crippen LogP contribution in [0.15, 0.2) is 36.0 Å². The SMILES string of the molecule is CC(C)CC(=O)Nc1ccc(N2CCN(c3c(F)cc4c5c3OCN(C)N5C=C(C(=O)O)C4O)CC2)c(F)c1. The quantitative estimate of drug-likeness (QED) is 0.506. The van der Waals surface area contributed by atoms with E-state index in [2.05, 4.69) is 5.32 Å². The Hall–Kier alpha value is -3.90. The minimum Gasteiger partial charge on any atom is -0.478 e. The molecule has 1 amide bonds. The van der Waals surface area contributed by atoms with E-state index in [0.29, 0.717) is 49.7 Å². The van der Waals surface area contributed by atoms with Gasteiger partial charge in [0.25, 0.3) is 0 Å². The van der Waals surface area contributed by atoms with Crippen LogP contribution in [-0.4, -0.2) is 67.1 Å². The maximum atomic E-state index is 15.5. The standard InChI is InChI=1S/C27H31F2N5O5/c1-15(2)10-22(35)30-16-4-5-21(19(28)11-16)32-6-8-33(9-7-32)24-20(29)12-17-23-26(24)39-14-31(3)34(23)13-18(25(17)36)27(37)38/h4-5,11-13,15,25,36H,6-10,14H2,1-3H3,(H,30,35)(H,37,38). The van der Waals surface area contributed by atoms with Gasteiger partial charge in [0.05, 0.1) is 11.3 Å². The molecule has 5 rings (SSSR count). The van der Waals surface area contributed by atoms with Crippen LogP contribution in [0.1, 0.15) is 31.9 Å². The lowest BCUT2D eigenvalue weighted by Crippen LogP contribution is -2.49. The molecule has 3 aliphatic heterocycles. The van der Waals surface area contributed by atoms with Crippen LogP contribution in [0.5, 0.6) is 5.75 Å². The third kappa shape index (κ3) is 4.97. The van der Waals surface area contributed by atoms with Crippen LogP contribution in [-0.2, 0) is 9.59 Å². The molecule has 2 aromatic carbocycles. The minimum atomic E-state index is -1.51. The number of aliphatic carboxylic acids is 1. The summed E-state index contributed by atoms with van der Waals surface area (Å²) in [6, 6.07) is 5.75. The van der Waals surface area contributed by atoms with Gasteiger partial charge in [-0.25, -0.2) is 13.6 Å². The van der Waals surface area contributed by atoms with Crippen LogP contribution in [0.25, 0.3) is 0 Å². The molecule has 1 atom stereocenters. The first-order valence-electron chi connectivity index (χ1n) is 12.8. The number of aliphatic hydroxyl groups is 1. The van der Waals surface area contributed by atoms with Crippen LogP contribution < -0.4 is 24.9 Å². The van der Waals surface area contributed by atoms with Gasteiger partial charge >= 0.3 is 5.97 Å². The van der Waals surface area contributed by atoms with E-state index in [0.717, 1.165) is 6.07 Å². The number of piperazine rings is 1. The molecular weight excluding hydrogens is 512 g/mol. The molecule has 10 nitrogen and oxygen atoms in total. The predicted octanol–water partition coefficient (Wildman–Crippen LogP) is 3.29. The van der Waals surface area contributed by atoms with Crippen molar-refractivity contribution in [2.24, 2.45) is 5.92 Å². The van der Waals surface area contributed by atoms with Gasteiger partial charge in [-0.1, -0.05) is 13.8 Å². The Bertz CT molecular complexity index is 1340. The summed E-state index contributed by atoms with van der Waals surface area (Å²) in [4.78, 5) is 27.4. The number of carbonyl (C=O) groups excluding carboxylic acids is 1. The third-order valence-electron chi connectivity index (χ3n) is 7.06. The van der Waals surface area contributed by atoms with E-state index in [-0.39, 0.29) is 41.1 Å². The molecule has 208 valence electrons. The Morgan fingerprint density at radius 2 is 1.77 bits per heavy atom. The number of rotatable bonds is 6. The fraction of sp³-hybridized carbons (Fsp3) is 0.407. The summed E-state index contributed by atoms with van der Waals surface area (Å²) in [5.41, 5.74) is 1.23. The van der Waals surface area contributed by atoms with Crippen molar-refractivity contribution in [1.29, 1.82) is 0 Å². The van der Waals surface area contributed by atoms with Crippen LogP contribution in [0.2, 0.25) is 0 Å². The maximum absolute atomic E-state index is 15.5. The Morgan fingerprint density at radius 3 is 2.41 bits per heavy atom. The highest BCUT2D eigenvalue weighted by molar-refractivity contribution is 5.92. The number of carboxylic acid groups (broad SMARTS) is 1. The first-order valence-corrected chi connectivity index (χ1v) is 12.8. The van der Waals surface area contributed by atoms with Gasteiger partial charge in [0.15, 0.2) is 18.3 Å². The molecule has 0 bridgehead atoms. The van der Waals surface area contributed by atoms with Gasteiger partial charge in [-0.3, -0.25) is 9.80 Å². The molecule has 0 spiro atoms. The second-order valence-electron chi connectivity index (χ2n) is 10.3. The molecule has 0 aromatic heterocycles. The molecule has 3 aliphatic rings. The van der Waals surface area contributed by atoms with Gasteiger partial charge in [-0.2, -0.15) is 5.01 Å². The van der Waals surface area contributed by atoms with Crippen molar-refractivity contribution < 1.29 is 33.3 Å². The van der Waals surface area contributed by atoms with Gasteiger partial charge in [0, 0.05) is 57.1 Å². The van der Waals surface area contributed by atoms with Crippen LogP contribution in [0.4, 0.5) is 31.5 Å². The topological polar surface area (TPSA) is 109 Å². The van der Waals surface area contributed by atoms with E-state index < -0.39 is 23.7 Å². The first kappa shape index (κ1) is 26.7. The molecule has 0 saturated carbocycles. The summed E-state index contributed by atoms with van der Waals surface area (Å²) in [5, 5.41) is 26.1. The number of hydrazine groups is 1. The summed E-state index contributed by atoms with van der Waals surface area (Å²) in [6.07, 6.45) is 0.156. The number of nitrogens with one attached hydrogen (secondary N) is 1. The van der Waals surface area contributed by atoms with E-state index in [9.17, 15) is 24.2 Å². The number of benzene rings is 2. The number of hydrogen-bond donors (Lipinski definition) is 3. The minimum absolute atomic E-state index is 0.0492. The zero-order valence-corrected chi connectivity index (χ0v) is 21.9. The lowest BCUT2D eigenvalue weighted by atomic mass is 9.95. The molecular formula is C27H31F2N5O5. The molecule has 3 N–H and O–H groups in total. The molecule has 1 saturated heterocycles. The summed E-state index contributed by atoms with van der Waals surface area (Å²) >= 11 is 0. The van der Waals surface area contributed by atoms with Crippen molar-refractivity contribution in [2.75, 3.05) is 60.1 Å². The zero-order chi connectivity index (χ0) is 28.0. The van der Waals surface area contributed by atoms with E-state index in [1.54, 1.807) is 29.2 Å². The van der Waals surface area contributed by atoms with Crippen LogP contribution >= 0.6 is 0 Å². The number of carbonyl (C=O) groups is 2. The average molecular weight is 544 g/mol. The number of amides is 1. The number of nitrogens with zero attached hydrogens (tertiary/aromatic N) is 4. The molecule has 2 aromatic rings. The number of anilines is 4. The van der Waals surface area contributed by atoms with Crippen LogP contribution in [0.3, 0.4) is 0 Å². The van der Waals surface area contributed by atoms with Crippen molar-refractivity contribution in [3.8, 4) is 5.75 Å². The van der Waals surface area contributed by atoms with Crippen molar-refractivity contribution in [2.45, 2.75) is 26.4 Å². The number of carboxylic acids is 1. The van der Waals surface area contributed by atoms with Gasteiger partial charge in [-0.05, 0) is 30.2 Å². The van der Waals surface area contributed by atoms with E-state index in [1.807, 2.05) is 23.6 Å². The molecule has 12 heteroatoms. The second kappa shape index (κ2) is 10.3. The Balaban J connectivity index is 1.35. The van der Waals surface area contributed by atoms with Crippen molar-refractivity contribution in [3.05, 3.63) is 53.2 Å². The predicted molar refractivity (Wildman–Crippen MR) is 142 cm³/mol. The Kier molecular flexibility index (Phi) is 7.08. The summed E-state index contributed by atoms with van der Waals surface area (Å²) in [6.45, 7) is 5.46. The monoisotopic (exact) mass is 543 g/mol. The van der Waals surface area contributed by atoms with Crippen molar-refractivity contribution in [3.63, 3.8) is 0 Å². The fourth-order valence-corrected chi connectivity index (χ4v) is 5.19. The van der Waals surface area contributed by atoms with Crippen LogP contribution in [0, 0.1) is 17.6 Å². The average Bonchev–Trinajstić information content (AvgIpc) is 2.87. The summed E-state index contributed by atoms with van der Waals surface area (Å²) < 4.78 is 36.4. The lowest BCUT2D eigenvalue weighted by Gasteiger charge is -2.44. The molecule has 0 radical (unpaired) electrons. The zero-order valence-electron chi connectivity index (χ0n) is 21.9. The summed E-state index contributed by atoms with van der Waals surface area (Å²) in [7, 11) is 1.69. The van der Waals surface area contributed by atoms with Gasteiger partial charge < -0.3 is 30.1 Å². The van der Waals surface area contributed by atoms with Crippen molar-refractivity contribution >= 4 is 34.6 Å². The molecule has 1 fully saturated rings. The highest BCUT2D eigenvalue weighted by Crippen LogP contribution is 2.50. The normalized spacial score (nSPS) is 19.0. The Morgan fingerprint density at radius 1 is 1.08 bits per heavy atom. The first-order chi connectivity index (χ1) is 18.5. The third-order valence-corrected chi connectivity index (χ3v) is 7.06. The smallest absolute Gasteiger partial charge is 0.336 e. The second-order valence-corrected chi connectivity index (χ2v) is 10.3. The highest BCUT2D eigenvalue weighted by atomic mass is 19.1. The molecule has 39 heavy (non-hydrogen) atoms. The maximum Gasteiger partial charge on any atom is 0.336 e. The number of hydrogen-bond acceptors (Lipinski definition) is 8. The fourth-order valence-electron chi connectivity index (χ4n) is 5.19. The summed E-state index contributed by atoms with van der Waals surface area (Å²) in [5.74, 6) is -2.15. The van der Waals surface area contributed by atoms with Gasteiger partial charge in [0.2, 0.25) is 5.91 Å². The number of aliphatic hydroxyl groups excluding tert-OH is 1. The lowest BCUT2D eigenvalue weighted by molar-refractivity contribution is -0.134. The highest BCUT2D eigenvalue weighted by Gasteiger charge is 2.40. The Labute approximate surface area is 224 Å². The number of halogens is 2. The van der Waals surface area contributed by atoms with E-state index in [4.69, 9.17) is 4.74 Å². The van der Waals surface area contributed by atoms with Gasteiger partial charge in [0.1, 0.15) is 23.3 Å². The van der Waals surface area contributed by atoms with Crippen molar-refractivity contribution in [1.82, 2.24) is 5.01 Å². The molecule has 3 heterocycles. The van der Waals surface area contributed by atoms with E-state index in [1.165, 1.54) is 12.3 Å². The van der Waals surface area contributed by atoms with E-state index >= 15 is 4.39 Å². The molecule has 1 unspecified atom stereocenters. The molecule has 0 aliphatic carbocycles.